The highest BCUT2D eigenvalue weighted by Gasteiger charge is 2.14. The lowest BCUT2D eigenvalue weighted by Crippen LogP contribution is -2.38. The summed E-state index contributed by atoms with van der Waals surface area (Å²) in [6.45, 7) is 1.50. The van der Waals surface area contributed by atoms with Crippen LogP contribution >= 0.6 is 12.4 Å². The Hall–Kier alpha value is -2.90. The molecule has 3 N–H and O–H groups in total. The van der Waals surface area contributed by atoms with E-state index < -0.39 is 0 Å². The van der Waals surface area contributed by atoms with Crippen LogP contribution in [0.4, 0.5) is 0 Å². The molecule has 1 amide bonds. The minimum Gasteiger partial charge on any atom is -0.341 e. The molecule has 7 nitrogen and oxygen atoms in total. The quantitative estimate of drug-likeness (QED) is 0.581. The van der Waals surface area contributed by atoms with Crippen molar-refractivity contribution in [2.75, 3.05) is 19.6 Å². The second kappa shape index (κ2) is 10.6. The first kappa shape index (κ1) is 22.4. The summed E-state index contributed by atoms with van der Waals surface area (Å²) in [5, 5.41) is 3.25. The number of halogens is 1. The van der Waals surface area contributed by atoms with Crippen LogP contribution in [-0.4, -0.2) is 40.2 Å². The topological polar surface area (TPSA) is 101 Å². The monoisotopic (exact) mass is 416 g/mol. The number of nitrogens with zero attached hydrogens (tertiary/aromatic N) is 2. The summed E-state index contributed by atoms with van der Waals surface area (Å²) in [7, 11) is 0. The van der Waals surface area contributed by atoms with Gasteiger partial charge in [0.15, 0.2) is 0 Å². The van der Waals surface area contributed by atoms with Gasteiger partial charge >= 0.3 is 0 Å². The number of rotatable bonds is 8. The number of carbonyl (C=O) groups is 1. The second-order valence-electron chi connectivity index (χ2n) is 6.60. The van der Waals surface area contributed by atoms with Crippen molar-refractivity contribution in [1.82, 2.24) is 14.7 Å². The molecule has 0 radical (unpaired) electrons. The Morgan fingerprint density at radius 1 is 0.966 bits per heavy atom. The van der Waals surface area contributed by atoms with Gasteiger partial charge < -0.3 is 10.6 Å². The van der Waals surface area contributed by atoms with Crippen molar-refractivity contribution in [3.63, 3.8) is 0 Å². The number of aryl methyl sites for hydroxylation is 1. The van der Waals surface area contributed by atoms with Crippen LogP contribution in [-0.2, 0) is 17.8 Å². The lowest BCUT2D eigenvalue weighted by atomic mass is 10.1. The molecule has 2 aromatic carbocycles. The van der Waals surface area contributed by atoms with Gasteiger partial charge in [-0.2, -0.15) is 0 Å². The number of nitrogens with two attached hydrogens (primary N) is 1. The first-order valence-electron chi connectivity index (χ1n) is 9.34. The summed E-state index contributed by atoms with van der Waals surface area (Å²) in [5.74, 6) is -0.0951. The van der Waals surface area contributed by atoms with E-state index in [9.17, 15) is 14.4 Å². The number of aromatic nitrogens is 2. The average molecular weight is 417 g/mol. The van der Waals surface area contributed by atoms with Crippen LogP contribution in [0.15, 0.2) is 64.2 Å². The van der Waals surface area contributed by atoms with Crippen LogP contribution < -0.4 is 16.9 Å². The molecule has 1 aromatic heterocycles. The van der Waals surface area contributed by atoms with E-state index in [-0.39, 0.29) is 42.4 Å². The number of H-pyrrole nitrogens is 1. The molecule has 0 atom stereocenters. The summed E-state index contributed by atoms with van der Waals surface area (Å²) in [6.07, 6.45) is 0.850. The number of hydrogen-bond donors (Lipinski definition) is 2. The number of aromatic amines is 1. The maximum absolute atomic E-state index is 12.7. The Balaban J connectivity index is 0.00000300. The van der Waals surface area contributed by atoms with Gasteiger partial charge in [0, 0.05) is 26.1 Å². The van der Waals surface area contributed by atoms with E-state index in [2.05, 4.69) is 5.10 Å². The fourth-order valence-electron chi connectivity index (χ4n) is 3.20. The van der Waals surface area contributed by atoms with Gasteiger partial charge in [-0.1, -0.05) is 42.5 Å². The van der Waals surface area contributed by atoms with Gasteiger partial charge in [-0.3, -0.25) is 19.5 Å². The standard InChI is InChI=1S/C21H24N4O3.ClH/c22-12-15-24(13-10-16-6-2-1-3-7-16)19(26)11-14-25-21(28)18-9-5-4-8-17(18)20(27)23-25;/h1-9H,10-15,22H2,(H,23,27);1H. The van der Waals surface area contributed by atoms with Crippen LogP contribution in [0.5, 0.6) is 0 Å². The van der Waals surface area contributed by atoms with Crippen LogP contribution in [0, 0.1) is 0 Å². The second-order valence-corrected chi connectivity index (χ2v) is 6.60. The molecule has 0 aliphatic carbocycles. The molecule has 0 saturated carbocycles. The Morgan fingerprint density at radius 2 is 1.62 bits per heavy atom. The largest absolute Gasteiger partial charge is 0.341 e. The molecule has 0 aliphatic rings. The molecule has 0 aliphatic heterocycles. The average Bonchev–Trinajstić information content (AvgIpc) is 2.73. The number of amides is 1. The van der Waals surface area contributed by atoms with Crippen LogP contribution in [0.3, 0.4) is 0 Å². The van der Waals surface area contributed by atoms with E-state index in [1.807, 2.05) is 30.3 Å². The molecule has 3 rings (SSSR count). The molecule has 0 bridgehead atoms. The van der Waals surface area contributed by atoms with Crippen LogP contribution in [0.2, 0.25) is 0 Å². The van der Waals surface area contributed by atoms with E-state index >= 15 is 0 Å². The lowest BCUT2D eigenvalue weighted by molar-refractivity contribution is -0.131. The molecular formula is C21H25ClN4O3. The van der Waals surface area contributed by atoms with Crippen molar-refractivity contribution in [2.24, 2.45) is 5.73 Å². The Morgan fingerprint density at radius 3 is 2.31 bits per heavy atom. The van der Waals surface area contributed by atoms with Crippen LogP contribution in [0.1, 0.15) is 12.0 Å². The summed E-state index contributed by atoms with van der Waals surface area (Å²) in [5.41, 5.74) is 6.15. The zero-order valence-electron chi connectivity index (χ0n) is 16.0. The van der Waals surface area contributed by atoms with Gasteiger partial charge in [-0.25, -0.2) is 4.68 Å². The maximum atomic E-state index is 12.7. The van der Waals surface area contributed by atoms with Gasteiger partial charge in [0.05, 0.1) is 17.3 Å². The van der Waals surface area contributed by atoms with Gasteiger partial charge in [0.2, 0.25) is 5.91 Å². The lowest BCUT2D eigenvalue weighted by Gasteiger charge is -2.22. The molecule has 0 unspecified atom stereocenters. The third kappa shape index (κ3) is 5.56. The highest BCUT2D eigenvalue weighted by atomic mass is 35.5. The normalized spacial score (nSPS) is 10.5. The summed E-state index contributed by atoms with van der Waals surface area (Å²) in [6, 6.07) is 16.6. The zero-order chi connectivity index (χ0) is 19.9. The molecule has 1 heterocycles. The van der Waals surface area contributed by atoms with Crippen molar-refractivity contribution < 1.29 is 4.79 Å². The van der Waals surface area contributed by atoms with E-state index in [1.165, 1.54) is 4.68 Å². The van der Waals surface area contributed by atoms with Gasteiger partial charge in [0.1, 0.15) is 0 Å². The number of fused-ring (bicyclic) bond motifs is 1. The van der Waals surface area contributed by atoms with E-state index in [0.717, 1.165) is 12.0 Å². The van der Waals surface area contributed by atoms with E-state index in [0.29, 0.717) is 30.4 Å². The Kier molecular flexibility index (Phi) is 8.18. The van der Waals surface area contributed by atoms with Crippen molar-refractivity contribution in [3.8, 4) is 0 Å². The highest BCUT2D eigenvalue weighted by molar-refractivity contribution is 5.85. The highest BCUT2D eigenvalue weighted by Crippen LogP contribution is 2.05. The fraction of sp³-hybridized carbons (Fsp3) is 0.286. The zero-order valence-corrected chi connectivity index (χ0v) is 16.9. The molecule has 0 spiro atoms. The minimum atomic E-state index is -0.342. The smallest absolute Gasteiger partial charge is 0.273 e. The maximum Gasteiger partial charge on any atom is 0.273 e. The molecule has 29 heavy (non-hydrogen) atoms. The molecule has 0 saturated heterocycles. The van der Waals surface area contributed by atoms with E-state index in [4.69, 9.17) is 5.73 Å². The van der Waals surface area contributed by atoms with Crippen molar-refractivity contribution >= 4 is 29.1 Å². The predicted molar refractivity (Wildman–Crippen MR) is 116 cm³/mol. The van der Waals surface area contributed by atoms with E-state index in [1.54, 1.807) is 29.2 Å². The van der Waals surface area contributed by atoms with Gasteiger partial charge in [-0.05, 0) is 24.1 Å². The summed E-state index contributed by atoms with van der Waals surface area (Å²) < 4.78 is 1.21. The first-order valence-corrected chi connectivity index (χ1v) is 9.34. The number of hydrogen-bond acceptors (Lipinski definition) is 4. The Bertz CT molecular complexity index is 1060. The minimum absolute atomic E-state index is 0. The van der Waals surface area contributed by atoms with Crippen LogP contribution in [0.25, 0.3) is 10.8 Å². The number of nitrogens with one attached hydrogen (secondary N) is 1. The fourth-order valence-corrected chi connectivity index (χ4v) is 3.20. The third-order valence-electron chi connectivity index (χ3n) is 4.70. The van der Waals surface area contributed by atoms with Gasteiger partial charge in [0.25, 0.3) is 11.1 Å². The first-order chi connectivity index (χ1) is 13.6. The van der Waals surface area contributed by atoms with Crippen molar-refractivity contribution in [2.45, 2.75) is 19.4 Å². The number of benzene rings is 2. The molecular weight excluding hydrogens is 392 g/mol. The SMILES string of the molecule is Cl.NCCN(CCc1ccccc1)C(=O)CCn1[nH]c(=O)c2ccccc2c1=O. The molecule has 154 valence electrons. The third-order valence-corrected chi connectivity index (χ3v) is 4.70. The Labute approximate surface area is 174 Å². The number of carbonyl (C=O) groups excluding carboxylic acids is 1. The summed E-state index contributed by atoms with van der Waals surface area (Å²) in [4.78, 5) is 39.1. The predicted octanol–water partition coefficient (Wildman–Crippen LogP) is 1.53. The van der Waals surface area contributed by atoms with Crippen molar-refractivity contribution in [1.29, 1.82) is 0 Å². The molecule has 0 fully saturated rings. The molecule has 8 heteroatoms. The summed E-state index contributed by atoms with van der Waals surface area (Å²) >= 11 is 0. The molecule has 3 aromatic rings. The van der Waals surface area contributed by atoms with Gasteiger partial charge in [-0.15, -0.1) is 12.4 Å². The van der Waals surface area contributed by atoms with Crippen molar-refractivity contribution in [3.05, 3.63) is 80.9 Å².